The number of benzene rings is 2. The number of ether oxygens (including phenoxy) is 1. The lowest BCUT2D eigenvalue weighted by atomic mass is 9.80. The number of thiazole rings is 1. The quantitative estimate of drug-likeness (QED) is 0.458. The number of aliphatic hydroxyl groups is 1. The van der Waals surface area contributed by atoms with Crippen molar-refractivity contribution in [3.63, 3.8) is 0 Å². The monoisotopic (exact) mass is 507 g/mol. The number of rotatable bonds is 7. The third-order valence-corrected chi connectivity index (χ3v) is 7.56. The van der Waals surface area contributed by atoms with Gasteiger partial charge >= 0.3 is 6.09 Å². The minimum atomic E-state index is -0.993. The van der Waals surface area contributed by atoms with Crippen LogP contribution in [0.25, 0.3) is 10.6 Å². The first-order valence-electron chi connectivity index (χ1n) is 12.0. The summed E-state index contributed by atoms with van der Waals surface area (Å²) in [6, 6.07) is 17.4. The Bertz CT molecular complexity index is 1220. The maximum absolute atomic E-state index is 13.3. The summed E-state index contributed by atoms with van der Waals surface area (Å²) in [4.78, 5) is 33.7. The molecular formula is C28H33N3O4S. The number of carbonyl (C=O) groups excluding carboxylic acids is 2. The third kappa shape index (κ3) is 5.44. The fraction of sp³-hybridized carbons (Fsp3) is 0.393. The molecule has 36 heavy (non-hydrogen) atoms. The topological polar surface area (TPSA) is 83.0 Å². The van der Waals surface area contributed by atoms with Crippen LogP contribution in [0.4, 0.5) is 4.79 Å². The molecule has 1 saturated heterocycles. The van der Waals surface area contributed by atoms with Crippen LogP contribution in [0.5, 0.6) is 0 Å². The zero-order valence-electron chi connectivity index (χ0n) is 21.4. The number of hydrogen-bond donors (Lipinski definition) is 1. The maximum atomic E-state index is 13.3. The van der Waals surface area contributed by atoms with Gasteiger partial charge in [0.25, 0.3) is 5.91 Å². The smallest absolute Gasteiger partial charge is 0.411 e. The largest absolute Gasteiger partial charge is 0.438 e. The average molecular weight is 508 g/mol. The van der Waals surface area contributed by atoms with Gasteiger partial charge in [0.05, 0.1) is 17.8 Å². The zero-order valence-corrected chi connectivity index (χ0v) is 22.2. The van der Waals surface area contributed by atoms with Gasteiger partial charge in [-0.3, -0.25) is 4.79 Å². The molecule has 2 atom stereocenters. The molecule has 0 radical (unpaired) electrons. The zero-order chi connectivity index (χ0) is 26.1. The SMILES string of the molecule is C[C@@H](c1ccc(-c2ncc(C(=O)N(C)C)s2)cc1)N1CC[C@](CC(C)(C)O)(c2ccccc2)OC1=O. The van der Waals surface area contributed by atoms with Crippen LogP contribution < -0.4 is 0 Å². The first kappa shape index (κ1) is 25.9. The van der Waals surface area contributed by atoms with Crippen LogP contribution in [0.2, 0.25) is 0 Å². The summed E-state index contributed by atoms with van der Waals surface area (Å²) in [5.41, 5.74) is 0.929. The summed E-state index contributed by atoms with van der Waals surface area (Å²) in [6.07, 6.45) is 2.11. The predicted molar refractivity (Wildman–Crippen MR) is 141 cm³/mol. The second kappa shape index (κ2) is 10.0. The molecule has 2 amide bonds. The molecule has 3 aromatic rings. The van der Waals surface area contributed by atoms with Gasteiger partial charge in [-0.05, 0) is 31.9 Å². The molecule has 4 rings (SSSR count). The second-order valence-corrected chi connectivity index (χ2v) is 11.2. The fourth-order valence-electron chi connectivity index (χ4n) is 4.70. The van der Waals surface area contributed by atoms with Gasteiger partial charge in [0.1, 0.15) is 15.5 Å². The van der Waals surface area contributed by atoms with Gasteiger partial charge in [0, 0.05) is 39.0 Å². The van der Waals surface area contributed by atoms with E-state index in [0.29, 0.717) is 24.3 Å². The van der Waals surface area contributed by atoms with E-state index in [1.807, 2.05) is 61.5 Å². The molecule has 7 nitrogen and oxygen atoms in total. The lowest BCUT2D eigenvalue weighted by Gasteiger charge is -2.45. The summed E-state index contributed by atoms with van der Waals surface area (Å²) in [7, 11) is 3.44. The highest BCUT2D eigenvalue weighted by atomic mass is 32.1. The molecule has 0 aliphatic carbocycles. The lowest BCUT2D eigenvalue weighted by Crippen LogP contribution is -2.51. The van der Waals surface area contributed by atoms with Crippen LogP contribution in [0.15, 0.2) is 60.8 Å². The highest BCUT2D eigenvalue weighted by molar-refractivity contribution is 7.16. The van der Waals surface area contributed by atoms with Crippen LogP contribution in [-0.2, 0) is 10.3 Å². The van der Waals surface area contributed by atoms with E-state index in [1.165, 1.54) is 16.2 Å². The van der Waals surface area contributed by atoms with E-state index in [0.717, 1.165) is 21.7 Å². The molecule has 1 aliphatic rings. The van der Waals surface area contributed by atoms with E-state index in [2.05, 4.69) is 4.98 Å². The molecule has 0 saturated carbocycles. The first-order chi connectivity index (χ1) is 17.0. The van der Waals surface area contributed by atoms with Gasteiger partial charge in [0.15, 0.2) is 0 Å². The van der Waals surface area contributed by atoms with Crippen molar-refractivity contribution in [2.24, 2.45) is 0 Å². The van der Waals surface area contributed by atoms with E-state index in [4.69, 9.17) is 4.74 Å². The Balaban J connectivity index is 1.50. The Morgan fingerprint density at radius 1 is 1.19 bits per heavy atom. The molecule has 190 valence electrons. The van der Waals surface area contributed by atoms with Crippen molar-refractivity contribution in [1.29, 1.82) is 0 Å². The lowest BCUT2D eigenvalue weighted by molar-refractivity contribution is -0.101. The highest BCUT2D eigenvalue weighted by Crippen LogP contribution is 2.42. The highest BCUT2D eigenvalue weighted by Gasteiger charge is 2.46. The summed E-state index contributed by atoms with van der Waals surface area (Å²) < 4.78 is 6.11. The molecule has 1 aliphatic heterocycles. The molecule has 1 fully saturated rings. The van der Waals surface area contributed by atoms with Crippen molar-refractivity contribution >= 4 is 23.3 Å². The Morgan fingerprint density at radius 3 is 2.44 bits per heavy atom. The maximum Gasteiger partial charge on any atom is 0.411 e. The first-order valence-corrected chi connectivity index (χ1v) is 12.9. The number of amides is 2. The van der Waals surface area contributed by atoms with Crippen molar-refractivity contribution in [1.82, 2.24) is 14.8 Å². The number of hydrogen-bond acceptors (Lipinski definition) is 6. The number of carbonyl (C=O) groups is 2. The van der Waals surface area contributed by atoms with Crippen LogP contribution in [0, 0.1) is 0 Å². The molecule has 0 spiro atoms. The molecule has 2 heterocycles. The molecule has 0 unspecified atom stereocenters. The van der Waals surface area contributed by atoms with Gasteiger partial charge in [-0.15, -0.1) is 11.3 Å². The van der Waals surface area contributed by atoms with Gasteiger partial charge in [-0.2, -0.15) is 0 Å². The molecular weight excluding hydrogens is 474 g/mol. The van der Waals surface area contributed by atoms with Crippen LogP contribution in [0.3, 0.4) is 0 Å². The van der Waals surface area contributed by atoms with Crippen molar-refractivity contribution in [3.05, 3.63) is 76.8 Å². The van der Waals surface area contributed by atoms with Crippen molar-refractivity contribution in [2.75, 3.05) is 20.6 Å². The number of aromatic nitrogens is 1. The van der Waals surface area contributed by atoms with Crippen molar-refractivity contribution in [2.45, 2.75) is 50.9 Å². The molecule has 1 aromatic heterocycles. The van der Waals surface area contributed by atoms with E-state index in [9.17, 15) is 14.7 Å². The number of nitrogens with zero attached hydrogens (tertiary/aromatic N) is 3. The Hall–Kier alpha value is -3.23. The van der Waals surface area contributed by atoms with Gasteiger partial charge in [-0.25, -0.2) is 9.78 Å². The summed E-state index contributed by atoms with van der Waals surface area (Å²) in [5.74, 6) is -0.0660. The van der Waals surface area contributed by atoms with Crippen molar-refractivity contribution in [3.8, 4) is 10.6 Å². The van der Waals surface area contributed by atoms with Gasteiger partial charge < -0.3 is 19.6 Å². The van der Waals surface area contributed by atoms with Gasteiger partial charge in [0.2, 0.25) is 0 Å². The normalized spacial score (nSPS) is 19.1. The average Bonchev–Trinajstić information content (AvgIpc) is 3.33. The molecule has 1 N–H and O–H groups in total. The predicted octanol–water partition coefficient (Wildman–Crippen LogP) is 5.47. The van der Waals surface area contributed by atoms with E-state index in [1.54, 1.807) is 39.0 Å². The van der Waals surface area contributed by atoms with E-state index in [-0.39, 0.29) is 11.9 Å². The second-order valence-electron chi connectivity index (χ2n) is 10.2. The van der Waals surface area contributed by atoms with Gasteiger partial charge in [-0.1, -0.05) is 54.6 Å². The minimum Gasteiger partial charge on any atom is -0.438 e. The van der Waals surface area contributed by atoms with Crippen molar-refractivity contribution < 1.29 is 19.4 Å². The van der Waals surface area contributed by atoms with Crippen LogP contribution >= 0.6 is 11.3 Å². The standard InChI is InChI=1S/C28H33N3O4S/c1-19(20-11-13-21(14-12-20)24-29-17-23(36-24)25(32)30(4)5)31-16-15-28(35-26(31)33,18-27(2,3)34)22-9-7-6-8-10-22/h6-14,17,19,34H,15-16,18H2,1-5H3/t19-,28-/m0/s1. The molecule has 0 bridgehead atoms. The molecule has 8 heteroatoms. The summed E-state index contributed by atoms with van der Waals surface area (Å²) >= 11 is 1.36. The fourth-order valence-corrected chi connectivity index (χ4v) is 5.65. The minimum absolute atomic E-state index is 0.0660. The Morgan fingerprint density at radius 2 is 1.86 bits per heavy atom. The number of cyclic esters (lactones) is 1. The Labute approximate surface area is 216 Å². The van der Waals surface area contributed by atoms with E-state index >= 15 is 0 Å². The van der Waals surface area contributed by atoms with E-state index < -0.39 is 17.3 Å². The third-order valence-electron chi connectivity index (χ3n) is 6.52. The Kier molecular flexibility index (Phi) is 7.20. The van der Waals surface area contributed by atoms with Crippen LogP contribution in [0.1, 0.15) is 60.5 Å². The summed E-state index contributed by atoms with van der Waals surface area (Å²) in [5, 5.41) is 11.4. The molecule has 2 aromatic carbocycles. The van der Waals surface area contributed by atoms with Crippen LogP contribution in [-0.4, -0.2) is 58.1 Å². The summed E-state index contributed by atoms with van der Waals surface area (Å²) in [6.45, 7) is 5.97.